The number of benzene rings is 2. The molecule has 1 N–H and O–H groups in total. The van der Waals surface area contributed by atoms with Crippen molar-refractivity contribution in [2.45, 2.75) is 33.2 Å². The average Bonchev–Trinajstić information content (AvgIpc) is 3.11. The lowest BCUT2D eigenvalue weighted by molar-refractivity contribution is -0.140. The molecule has 2 saturated heterocycles. The van der Waals surface area contributed by atoms with Crippen LogP contribution in [0.15, 0.2) is 48.0 Å². The van der Waals surface area contributed by atoms with Gasteiger partial charge in [-0.15, -0.1) is 0 Å². The Hall–Kier alpha value is -3.16. The highest BCUT2D eigenvalue weighted by Gasteiger charge is 2.46. The van der Waals surface area contributed by atoms with E-state index in [-0.39, 0.29) is 11.3 Å². The van der Waals surface area contributed by atoms with Crippen molar-refractivity contribution in [3.63, 3.8) is 0 Å². The zero-order valence-electron chi connectivity index (χ0n) is 20.8. The highest BCUT2D eigenvalue weighted by atomic mass is 16.5. The number of ketones is 1. The predicted molar refractivity (Wildman–Crippen MR) is 134 cm³/mol. The predicted octanol–water partition coefficient (Wildman–Crippen LogP) is 3.85. The summed E-state index contributed by atoms with van der Waals surface area (Å²) in [4.78, 5) is 30.4. The lowest BCUT2D eigenvalue weighted by atomic mass is 9.93. The summed E-state index contributed by atoms with van der Waals surface area (Å²) in [5.74, 6) is -0.624. The van der Waals surface area contributed by atoms with E-state index in [1.807, 2.05) is 63.2 Å². The zero-order valence-corrected chi connectivity index (χ0v) is 20.8. The van der Waals surface area contributed by atoms with Crippen LogP contribution in [0.5, 0.6) is 5.75 Å². The maximum Gasteiger partial charge on any atom is 0.295 e. The van der Waals surface area contributed by atoms with Gasteiger partial charge >= 0.3 is 0 Å². The van der Waals surface area contributed by atoms with Crippen LogP contribution < -0.4 is 4.74 Å². The SMILES string of the molecule is CCOc1ccc(C2C(=C(O)c3cc(C)ccc3C)C(=O)C(=O)N2CCCN2CCOCC2)cc1. The van der Waals surface area contributed by atoms with Gasteiger partial charge in [-0.1, -0.05) is 29.8 Å². The summed E-state index contributed by atoms with van der Waals surface area (Å²) in [5.41, 5.74) is 3.30. The first-order valence-electron chi connectivity index (χ1n) is 12.3. The van der Waals surface area contributed by atoms with Crippen LogP contribution >= 0.6 is 0 Å². The molecular formula is C28H34N2O5. The van der Waals surface area contributed by atoms with Crippen LogP contribution in [0.1, 0.15) is 41.6 Å². The van der Waals surface area contributed by atoms with Crippen LogP contribution in [-0.2, 0) is 14.3 Å². The van der Waals surface area contributed by atoms with Gasteiger partial charge in [0.25, 0.3) is 11.7 Å². The van der Waals surface area contributed by atoms with Crippen molar-refractivity contribution in [3.05, 3.63) is 70.3 Å². The Morgan fingerprint density at radius 1 is 1.06 bits per heavy atom. The maximum atomic E-state index is 13.3. The third kappa shape index (κ3) is 5.41. The lowest BCUT2D eigenvalue weighted by Gasteiger charge is -2.29. The van der Waals surface area contributed by atoms with Crippen LogP contribution in [0.3, 0.4) is 0 Å². The van der Waals surface area contributed by atoms with E-state index in [2.05, 4.69) is 4.90 Å². The Morgan fingerprint density at radius 3 is 2.46 bits per heavy atom. The largest absolute Gasteiger partial charge is 0.507 e. The molecule has 186 valence electrons. The first-order chi connectivity index (χ1) is 16.9. The number of hydrogen-bond donors (Lipinski definition) is 1. The highest BCUT2D eigenvalue weighted by Crippen LogP contribution is 2.40. The molecule has 2 aliphatic heterocycles. The van der Waals surface area contributed by atoms with Crippen molar-refractivity contribution in [1.82, 2.24) is 9.80 Å². The Labute approximate surface area is 206 Å². The van der Waals surface area contributed by atoms with Crippen molar-refractivity contribution < 1.29 is 24.2 Å². The number of Topliss-reactive ketones (excluding diaryl/α,β-unsaturated/α-hetero) is 1. The number of aryl methyl sites for hydroxylation is 2. The number of amides is 1. The quantitative estimate of drug-likeness (QED) is 0.353. The van der Waals surface area contributed by atoms with Gasteiger partial charge in [0.15, 0.2) is 0 Å². The molecule has 35 heavy (non-hydrogen) atoms. The number of nitrogens with zero attached hydrogens (tertiary/aromatic N) is 2. The molecule has 0 aromatic heterocycles. The molecule has 1 amide bonds. The fourth-order valence-electron chi connectivity index (χ4n) is 4.80. The fourth-order valence-corrected chi connectivity index (χ4v) is 4.80. The Kier molecular flexibility index (Phi) is 7.88. The number of likely N-dealkylation sites (tertiary alicyclic amines) is 1. The number of ether oxygens (including phenoxy) is 2. The summed E-state index contributed by atoms with van der Waals surface area (Å²) in [6.07, 6.45) is 0.726. The number of rotatable bonds is 8. The molecule has 2 fully saturated rings. The molecule has 2 aliphatic rings. The zero-order chi connectivity index (χ0) is 24.9. The highest BCUT2D eigenvalue weighted by molar-refractivity contribution is 6.46. The van der Waals surface area contributed by atoms with Crippen molar-refractivity contribution in [3.8, 4) is 5.75 Å². The van der Waals surface area contributed by atoms with E-state index in [1.54, 1.807) is 4.90 Å². The smallest absolute Gasteiger partial charge is 0.295 e. The monoisotopic (exact) mass is 478 g/mol. The van der Waals surface area contributed by atoms with Gasteiger partial charge in [-0.2, -0.15) is 0 Å². The number of hydrogen-bond acceptors (Lipinski definition) is 6. The molecule has 7 heteroatoms. The van der Waals surface area contributed by atoms with E-state index < -0.39 is 17.7 Å². The van der Waals surface area contributed by atoms with Crippen LogP contribution in [0.2, 0.25) is 0 Å². The first kappa shape index (κ1) is 24.9. The Balaban J connectivity index is 1.70. The van der Waals surface area contributed by atoms with Crippen molar-refractivity contribution in [1.29, 1.82) is 0 Å². The molecule has 0 radical (unpaired) electrons. The standard InChI is InChI=1S/C28H34N2O5/c1-4-35-22-10-8-21(9-11-22)25-24(26(31)23-18-19(2)6-7-20(23)3)27(32)28(33)30(25)13-5-12-29-14-16-34-17-15-29/h6-11,18,25,31H,4-5,12-17H2,1-3H3. The van der Waals surface area contributed by atoms with E-state index in [9.17, 15) is 14.7 Å². The van der Waals surface area contributed by atoms with Crippen molar-refractivity contribution in [2.24, 2.45) is 0 Å². The Bertz CT molecular complexity index is 1100. The summed E-state index contributed by atoms with van der Waals surface area (Å²) in [6, 6.07) is 12.5. The third-order valence-corrected chi connectivity index (χ3v) is 6.67. The van der Waals surface area contributed by atoms with Gasteiger partial charge in [0.2, 0.25) is 0 Å². The van der Waals surface area contributed by atoms with Gasteiger partial charge in [0, 0.05) is 31.7 Å². The van der Waals surface area contributed by atoms with Gasteiger partial charge in [-0.25, -0.2) is 0 Å². The second-order valence-electron chi connectivity index (χ2n) is 9.12. The van der Waals surface area contributed by atoms with E-state index in [1.165, 1.54) is 0 Å². The van der Waals surface area contributed by atoms with Gasteiger partial charge in [-0.05, 0) is 56.5 Å². The Morgan fingerprint density at radius 2 is 1.77 bits per heavy atom. The third-order valence-electron chi connectivity index (χ3n) is 6.67. The summed E-state index contributed by atoms with van der Waals surface area (Å²) >= 11 is 0. The van der Waals surface area contributed by atoms with Gasteiger partial charge in [-0.3, -0.25) is 14.5 Å². The lowest BCUT2D eigenvalue weighted by Crippen LogP contribution is -2.38. The molecule has 2 aromatic rings. The van der Waals surface area contributed by atoms with E-state index in [0.29, 0.717) is 31.9 Å². The van der Waals surface area contributed by atoms with Crippen molar-refractivity contribution in [2.75, 3.05) is 46.0 Å². The number of aliphatic hydroxyl groups excluding tert-OH is 1. The minimum Gasteiger partial charge on any atom is -0.507 e. The minimum atomic E-state index is -0.657. The molecule has 4 rings (SSSR count). The second kappa shape index (κ2) is 11.1. The van der Waals surface area contributed by atoms with Gasteiger partial charge in [0.05, 0.1) is 31.4 Å². The van der Waals surface area contributed by atoms with Crippen molar-refractivity contribution >= 4 is 17.4 Å². The topological polar surface area (TPSA) is 79.3 Å². The molecule has 0 saturated carbocycles. The number of carbonyl (C=O) groups excluding carboxylic acids is 2. The molecule has 0 spiro atoms. The van der Waals surface area contributed by atoms with Gasteiger partial charge < -0.3 is 19.5 Å². The molecule has 0 bridgehead atoms. The van der Waals surface area contributed by atoms with Crippen LogP contribution in [0.4, 0.5) is 0 Å². The van der Waals surface area contributed by atoms with E-state index in [0.717, 1.165) is 48.5 Å². The molecule has 0 aliphatic carbocycles. The van der Waals surface area contributed by atoms with E-state index in [4.69, 9.17) is 9.47 Å². The van der Waals surface area contributed by atoms with Crippen LogP contribution in [0, 0.1) is 13.8 Å². The number of morpholine rings is 1. The fraction of sp³-hybridized carbons (Fsp3) is 0.429. The summed E-state index contributed by atoms with van der Waals surface area (Å²) in [7, 11) is 0. The molecule has 2 heterocycles. The molecular weight excluding hydrogens is 444 g/mol. The normalized spacial score (nSPS) is 20.4. The first-order valence-corrected chi connectivity index (χ1v) is 12.3. The minimum absolute atomic E-state index is 0.126. The van der Waals surface area contributed by atoms with Crippen LogP contribution in [-0.4, -0.2) is 72.6 Å². The maximum absolute atomic E-state index is 13.3. The number of aliphatic hydroxyl groups is 1. The van der Waals surface area contributed by atoms with E-state index >= 15 is 0 Å². The number of carbonyl (C=O) groups is 2. The molecule has 7 nitrogen and oxygen atoms in total. The summed E-state index contributed by atoms with van der Waals surface area (Å²) in [5, 5.41) is 11.4. The molecule has 2 aromatic carbocycles. The second-order valence-corrected chi connectivity index (χ2v) is 9.12. The van der Waals surface area contributed by atoms with Gasteiger partial charge in [0.1, 0.15) is 11.5 Å². The average molecular weight is 479 g/mol. The molecule has 1 atom stereocenters. The summed E-state index contributed by atoms with van der Waals surface area (Å²) in [6.45, 7) is 10.7. The van der Waals surface area contributed by atoms with Crippen LogP contribution in [0.25, 0.3) is 5.76 Å². The molecule has 1 unspecified atom stereocenters. The summed E-state index contributed by atoms with van der Waals surface area (Å²) < 4.78 is 11.0.